The Balaban J connectivity index is 4.45. The molecule has 0 heterocycles. The quantitative estimate of drug-likeness (QED) is 0.290. The standard InChI is InChI=1S/C10H16O3/c1-5-9(7-8(3)12-4)10(11)13-6-2/h5,7H,6H2,1-4H3. The molecule has 3 nitrogen and oxygen atoms in total. The van der Waals surface area contributed by atoms with Crippen molar-refractivity contribution in [3.8, 4) is 0 Å². The van der Waals surface area contributed by atoms with Crippen molar-refractivity contribution >= 4 is 5.97 Å². The number of hydrogen-bond acceptors (Lipinski definition) is 3. The molecule has 0 aliphatic heterocycles. The van der Waals surface area contributed by atoms with Crippen molar-refractivity contribution < 1.29 is 14.3 Å². The van der Waals surface area contributed by atoms with Crippen LogP contribution in [0.15, 0.2) is 23.5 Å². The zero-order chi connectivity index (χ0) is 10.3. The summed E-state index contributed by atoms with van der Waals surface area (Å²) in [5, 5.41) is 0. The summed E-state index contributed by atoms with van der Waals surface area (Å²) in [6.07, 6.45) is 3.35. The summed E-state index contributed by atoms with van der Waals surface area (Å²) in [6.45, 7) is 5.72. The highest BCUT2D eigenvalue weighted by atomic mass is 16.5. The van der Waals surface area contributed by atoms with Gasteiger partial charge in [-0.2, -0.15) is 0 Å². The van der Waals surface area contributed by atoms with Crippen molar-refractivity contribution in [3.63, 3.8) is 0 Å². The highest BCUT2D eigenvalue weighted by molar-refractivity contribution is 5.91. The highest BCUT2D eigenvalue weighted by Gasteiger charge is 2.06. The minimum atomic E-state index is -0.318. The Bertz CT molecular complexity index is 226. The van der Waals surface area contributed by atoms with Gasteiger partial charge in [0.25, 0.3) is 0 Å². The van der Waals surface area contributed by atoms with E-state index in [0.29, 0.717) is 17.9 Å². The molecule has 74 valence electrons. The van der Waals surface area contributed by atoms with Gasteiger partial charge in [-0.25, -0.2) is 4.79 Å². The van der Waals surface area contributed by atoms with Crippen LogP contribution in [0.1, 0.15) is 20.8 Å². The maximum atomic E-state index is 11.2. The van der Waals surface area contributed by atoms with Crippen molar-refractivity contribution in [1.29, 1.82) is 0 Å². The molecule has 0 aromatic rings. The third kappa shape index (κ3) is 4.35. The number of ether oxygens (including phenoxy) is 2. The van der Waals surface area contributed by atoms with Gasteiger partial charge in [0.05, 0.1) is 25.0 Å². The molecule has 0 aliphatic carbocycles. The van der Waals surface area contributed by atoms with Crippen LogP contribution >= 0.6 is 0 Å². The summed E-state index contributed by atoms with van der Waals surface area (Å²) in [4.78, 5) is 11.2. The largest absolute Gasteiger partial charge is 0.501 e. The Morgan fingerprint density at radius 3 is 2.46 bits per heavy atom. The predicted octanol–water partition coefficient (Wildman–Crippen LogP) is 2.05. The molecular weight excluding hydrogens is 168 g/mol. The third-order valence-electron chi connectivity index (χ3n) is 1.50. The number of carbonyl (C=O) groups is 1. The predicted molar refractivity (Wildman–Crippen MR) is 51.2 cm³/mol. The summed E-state index contributed by atoms with van der Waals surface area (Å²) < 4.78 is 9.76. The first-order valence-corrected chi connectivity index (χ1v) is 4.21. The molecule has 0 fully saturated rings. The van der Waals surface area contributed by atoms with Gasteiger partial charge in [-0.05, 0) is 26.8 Å². The molecule has 13 heavy (non-hydrogen) atoms. The Morgan fingerprint density at radius 1 is 1.46 bits per heavy atom. The van der Waals surface area contributed by atoms with Crippen molar-refractivity contribution in [2.24, 2.45) is 0 Å². The number of hydrogen-bond donors (Lipinski definition) is 0. The molecule has 0 amide bonds. The van der Waals surface area contributed by atoms with E-state index in [-0.39, 0.29) is 5.97 Å². The summed E-state index contributed by atoms with van der Waals surface area (Å²) in [7, 11) is 1.56. The molecule has 0 spiro atoms. The number of allylic oxidation sites excluding steroid dienone is 2. The van der Waals surface area contributed by atoms with Crippen LogP contribution in [0.4, 0.5) is 0 Å². The fraction of sp³-hybridized carbons (Fsp3) is 0.500. The van der Waals surface area contributed by atoms with Gasteiger partial charge >= 0.3 is 5.97 Å². The van der Waals surface area contributed by atoms with E-state index in [1.165, 1.54) is 0 Å². The van der Waals surface area contributed by atoms with E-state index in [0.717, 1.165) is 0 Å². The SMILES string of the molecule is CC=C(C=C(C)OC)C(=O)OCC. The minimum Gasteiger partial charge on any atom is -0.501 e. The van der Waals surface area contributed by atoms with Gasteiger partial charge in [0.15, 0.2) is 0 Å². The smallest absolute Gasteiger partial charge is 0.337 e. The molecule has 0 bridgehead atoms. The van der Waals surface area contributed by atoms with Gasteiger partial charge < -0.3 is 9.47 Å². The highest BCUT2D eigenvalue weighted by Crippen LogP contribution is 2.05. The molecule has 0 aliphatic rings. The van der Waals surface area contributed by atoms with Crippen LogP contribution in [0.2, 0.25) is 0 Å². The Labute approximate surface area is 79.0 Å². The zero-order valence-electron chi connectivity index (χ0n) is 8.59. The van der Waals surface area contributed by atoms with E-state index in [1.807, 2.05) is 0 Å². The van der Waals surface area contributed by atoms with Crippen LogP contribution in [-0.2, 0) is 14.3 Å². The molecule has 0 aromatic carbocycles. The lowest BCUT2D eigenvalue weighted by Gasteiger charge is -2.03. The van der Waals surface area contributed by atoms with E-state index in [1.54, 1.807) is 40.0 Å². The lowest BCUT2D eigenvalue weighted by atomic mass is 10.2. The van der Waals surface area contributed by atoms with Gasteiger partial charge in [0.1, 0.15) is 0 Å². The molecule has 3 heteroatoms. The molecule has 0 aromatic heterocycles. The van der Waals surface area contributed by atoms with Gasteiger partial charge in [0.2, 0.25) is 0 Å². The fourth-order valence-corrected chi connectivity index (χ4v) is 0.752. The third-order valence-corrected chi connectivity index (χ3v) is 1.50. The first-order chi connectivity index (χ1) is 6.15. The van der Waals surface area contributed by atoms with Crippen LogP contribution in [-0.4, -0.2) is 19.7 Å². The summed E-state index contributed by atoms with van der Waals surface area (Å²) in [5.74, 6) is 0.363. The van der Waals surface area contributed by atoms with Gasteiger partial charge in [-0.3, -0.25) is 0 Å². The maximum absolute atomic E-state index is 11.2. The number of methoxy groups -OCH3 is 1. The second-order valence-corrected chi connectivity index (χ2v) is 2.42. The van der Waals surface area contributed by atoms with E-state index in [9.17, 15) is 4.79 Å². The van der Waals surface area contributed by atoms with Crippen molar-refractivity contribution in [2.75, 3.05) is 13.7 Å². The van der Waals surface area contributed by atoms with Crippen LogP contribution in [0.5, 0.6) is 0 Å². The lowest BCUT2D eigenvalue weighted by Crippen LogP contribution is -2.06. The molecule has 0 radical (unpaired) electrons. The molecule has 0 rings (SSSR count). The van der Waals surface area contributed by atoms with E-state index in [4.69, 9.17) is 9.47 Å². The van der Waals surface area contributed by atoms with Crippen molar-refractivity contribution in [2.45, 2.75) is 20.8 Å². The number of esters is 1. The van der Waals surface area contributed by atoms with Crippen LogP contribution in [0, 0.1) is 0 Å². The molecule has 0 saturated carbocycles. The average molecular weight is 184 g/mol. The molecule has 0 N–H and O–H groups in total. The van der Waals surface area contributed by atoms with Gasteiger partial charge in [0, 0.05) is 0 Å². The van der Waals surface area contributed by atoms with Crippen molar-refractivity contribution in [3.05, 3.63) is 23.5 Å². The summed E-state index contributed by atoms with van der Waals surface area (Å²) in [6, 6.07) is 0. The van der Waals surface area contributed by atoms with E-state index < -0.39 is 0 Å². The summed E-state index contributed by atoms with van der Waals surface area (Å²) >= 11 is 0. The molecule has 0 atom stereocenters. The molecule has 0 unspecified atom stereocenters. The maximum Gasteiger partial charge on any atom is 0.337 e. The van der Waals surface area contributed by atoms with E-state index in [2.05, 4.69) is 0 Å². The van der Waals surface area contributed by atoms with Crippen molar-refractivity contribution in [1.82, 2.24) is 0 Å². The minimum absolute atomic E-state index is 0.318. The molecular formula is C10H16O3. The monoisotopic (exact) mass is 184 g/mol. The topological polar surface area (TPSA) is 35.5 Å². The fourth-order valence-electron chi connectivity index (χ4n) is 0.752. The number of rotatable bonds is 4. The average Bonchev–Trinajstić information content (AvgIpc) is 2.14. The molecule has 0 saturated heterocycles. The Morgan fingerprint density at radius 2 is 2.08 bits per heavy atom. The van der Waals surface area contributed by atoms with Crippen LogP contribution in [0.3, 0.4) is 0 Å². The van der Waals surface area contributed by atoms with Crippen LogP contribution in [0.25, 0.3) is 0 Å². The second-order valence-electron chi connectivity index (χ2n) is 2.42. The zero-order valence-corrected chi connectivity index (χ0v) is 8.59. The first kappa shape index (κ1) is 11.8. The van der Waals surface area contributed by atoms with Gasteiger partial charge in [-0.1, -0.05) is 6.08 Å². The lowest BCUT2D eigenvalue weighted by molar-refractivity contribution is -0.138. The number of carbonyl (C=O) groups excluding carboxylic acids is 1. The Hall–Kier alpha value is -1.25. The second kappa shape index (κ2) is 6.29. The van der Waals surface area contributed by atoms with E-state index >= 15 is 0 Å². The van der Waals surface area contributed by atoms with Crippen LogP contribution < -0.4 is 0 Å². The normalized spacial score (nSPS) is 12.6. The van der Waals surface area contributed by atoms with Gasteiger partial charge in [-0.15, -0.1) is 0 Å². The summed E-state index contributed by atoms with van der Waals surface area (Å²) in [5.41, 5.74) is 0.515. The first-order valence-electron chi connectivity index (χ1n) is 4.21. The Kier molecular flexibility index (Phi) is 5.68.